The van der Waals surface area contributed by atoms with Crippen LogP contribution in [0.15, 0.2) is 0 Å². The van der Waals surface area contributed by atoms with Gasteiger partial charge in [-0.05, 0) is 37.5 Å². The maximum Gasteiger partial charge on any atom is 0.278 e. The minimum Gasteiger partial charge on any atom is -0.259 e. The van der Waals surface area contributed by atoms with Crippen LogP contribution < -0.4 is 5.32 Å². The summed E-state index contributed by atoms with van der Waals surface area (Å²) < 4.78 is 0. The van der Waals surface area contributed by atoms with Crippen molar-refractivity contribution in [2.75, 3.05) is 0 Å². The van der Waals surface area contributed by atoms with Gasteiger partial charge in [-0.25, -0.2) is 0 Å². The van der Waals surface area contributed by atoms with E-state index in [0.29, 0.717) is 5.54 Å². The van der Waals surface area contributed by atoms with Crippen molar-refractivity contribution in [2.45, 2.75) is 63.8 Å². The molecule has 1 N–H and O–H groups in total. The molecule has 1 heterocycles. The molecule has 2 saturated carbocycles. The van der Waals surface area contributed by atoms with Crippen molar-refractivity contribution in [3.05, 3.63) is 0 Å². The van der Waals surface area contributed by atoms with Gasteiger partial charge in [0.05, 0.1) is 0 Å². The Hall–Kier alpha value is -0.120. The van der Waals surface area contributed by atoms with E-state index in [1.54, 1.807) is 0 Å². The Balaban J connectivity index is 1.71. The molecule has 0 aromatic heterocycles. The molecule has 3 rings (SSSR count). The Morgan fingerprint density at radius 3 is 2.40 bits per heavy atom. The standard InChI is InChI=1S/C12H21NO2/c1-2-12(13-11-14-15-11)7-9-4-3-5-10(6-9)8-12/h9-11,13H,2-8H2,1H3. The van der Waals surface area contributed by atoms with Crippen molar-refractivity contribution < 1.29 is 9.78 Å². The molecule has 15 heavy (non-hydrogen) atoms. The minimum absolute atomic E-state index is 0.108. The van der Waals surface area contributed by atoms with Gasteiger partial charge >= 0.3 is 0 Å². The first-order chi connectivity index (χ1) is 7.30. The van der Waals surface area contributed by atoms with Gasteiger partial charge < -0.3 is 0 Å². The Bertz CT molecular complexity index is 228. The second-order valence-corrected chi connectivity index (χ2v) is 5.61. The van der Waals surface area contributed by atoms with E-state index in [9.17, 15) is 0 Å². The Kier molecular flexibility index (Phi) is 2.49. The number of hydrogen-bond donors (Lipinski definition) is 1. The van der Waals surface area contributed by atoms with E-state index in [-0.39, 0.29) is 6.41 Å². The van der Waals surface area contributed by atoms with Crippen molar-refractivity contribution in [2.24, 2.45) is 11.8 Å². The molecule has 0 aromatic carbocycles. The van der Waals surface area contributed by atoms with Gasteiger partial charge in [0.25, 0.3) is 6.41 Å². The molecule has 3 fully saturated rings. The van der Waals surface area contributed by atoms with Crippen molar-refractivity contribution >= 4 is 0 Å². The topological polar surface area (TPSA) is 37.1 Å². The molecule has 3 heteroatoms. The molecule has 0 aromatic rings. The molecular weight excluding hydrogens is 190 g/mol. The lowest BCUT2D eigenvalue weighted by molar-refractivity contribution is 0.0745. The lowest BCUT2D eigenvalue weighted by Gasteiger charge is -2.47. The zero-order chi connectivity index (χ0) is 10.3. The van der Waals surface area contributed by atoms with Crippen molar-refractivity contribution in [1.29, 1.82) is 0 Å². The summed E-state index contributed by atoms with van der Waals surface area (Å²) in [4.78, 5) is 9.70. The van der Waals surface area contributed by atoms with Crippen molar-refractivity contribution in [3.63, 3.8) is 0 Å². The lowest BCUT2D eigenvalue weighted by Crippen LogP contribution is -2.52. The summed E-state index contributed by atoms with van der Waals surface area (Å²) in [7, 11) is 0. The Morgan fingerprint density at radius 2 is 1.87 bits per heavy atom. The second kappa shape index (κ2) is 3.72. The van der Waals surface area contributed by atoms with Crippen LogP contribution in [0, 0.1) is 11.8 Å². The van der Waals surface area contributed by atoms with Gasteiger partial charge in [0.1, 0.15) is 0 Å². The molecule has 1 aliphatic heterocycles. The Morgan fingerprint density at radius 1 is 1.20 bits per heavy atom. The smallest absolute Gasteiger partial charge is 0.259 e. The molecule has 3 aliphatic rings. The van der Waals surface area contributed by atoms with Gasteiger partial charge in [-0.1, -0.05) is 26.2 Å². The maximum atomic E-state index is 4.85. The van der Waals surface area contributed by atoms with Gasteiger partial charge in [-0.2, -0.15) is 9.78 Å². The molecule has 2 atom stereocenters. The number of fused-ring (bicyclic) bond motifs is 2. The summed E-state index contributed by atoms with van der Waals surface area (Å²) in [6.07, 6.45) is 9.53. The molecule has 1 saturated heterocycles. The van der Waals surface area contributed by atoms with Crippen LogP contribution in [0.3, 0.4) is 0 Å². The van der Waals surface area contributed by atoms with Gasteiger partial charge in [0.15, 0.2) is 0 Å². The van der Waals surface area contributed by atoms with Crippen LogP contribution in [-0.2, 0) is 9.78 Å². The highest BCUT2D eigenvalue weighted by Crippen LogP contribution is 2.46. The predicted octanol–water partition coefficient (Wildman–Crippen LogP) is 2.57. The summed E-state index contributed by atoms with van der Waals surface area (Å²) in [6, 6.07) is 0. The third kappa shape index (κ3) is 2.05. The summed E-state index contributed by atoms with van der Waals surface area (Å²) in [5, 5.41) is 3.54. The largest absolute Gasteiger partial charge is 0.278 e. The number of hydrogen-bond acceptors (Lipinski definition) is 3. The number of nitrogens with one attached hydrogen (secondary N) is 1. The van der Waals surface area contributed by atoms with Crippen LogP contribution in [0.4, 0.5) is 0 Å². The third-order valence-corrected chi connectivity index (χ3v) is 4.54. The van der Waals surface area contributed by atoms with Gasteiger partial charge in [-0.15, -0.1) is 0 Å². The SMILES string of the molecule is CCC1(NC2OO2)CC2CCCC(C2)C1. The fraction of sp³-hybridized carbons (Fsp3) is 1.00. The Labute approximate surface area is 91.4 Å². The molecule has 86 valence electrons. The molecule has 0 amide bonds. The van der Waals surface area contributed by atoms with Crippen LogP contribution in [0.25, 0.3) is 0 Å². The molecule has 2 aliphatic carbocycles. The molecule has 0 radical (unpaired) electrons. The molecule has 2 unspecified atom stereocenters. The molecule has 0 spiro atoms. The quantitative estimate of drug-likeness (QED) is 0.576. The zero-order valence-electron chi connectivity index (χ0n) is 9.50. The first kappa shape index (κ1) is 10.1. The van der Waals surface area contributed by atoms with E-state index in [2.05, 4.69) is 12.2 Å². The fourth-order valence-corrected chi connectivity index (χ4v) is 3.80. The van der Waals surface area contributed by atoms with E-state index in [0.717, 1.165) is 11.8 Å². The van der Waals surface area contributed by atoms with Crippen LogP contribution in [0.1, 0.15) is 51.9 Å². The average molecular weight is 211 g/mol. The van der Waals surface area contributed by atoms with E-state index < -0.39 is 0 Å². The first-order valence-corrected chi connectivity index (χ1v) is 6.39. The highest BCUT2D eigenvalue weighted by Gasteiger charge is 2.44. The summed E-state index contributed by atoms with van der Waals surface area (Å²) in [5.74, 6) is 1.90. The van der Waals surface area contributed by atoms with E-state index in [4.69, 9.17) is 9.78 Å². The first-order valence-electron chi connectivity index (χ1n) is 6.39. The van der Waals surface area contributed by atoms with Gasteiger partial charge in [-0.3, -0.25) is 5.32 Å². The maximum absolute atomic E-state index is 4.85. The number of rotatable bonds is 3. The lowest BCUT2D eigenvalue weighted by atomic mass is 9.64. The van der Waals surface area contributed by atoms with E-state index in [1.807, 2.05) is 0 Å². The monoisotopic (exact) mass is 211 g/mol. The average Bonchev–Trinajstić information content (AvgIpc) is 3.01. The van der Waals surface area contributed by atoms with Gasteiger partial charge in [0.2, 0.25) is 0 Å². The highest BCUT2D eigenvalue weighted by molar-refractivity contribution is 4.97. The molecular formula is C12H21NO2. The molecule has 2 bridgehead atoms. The molecule has 3 nitrogen and oxygen atoms in total. The highest BCUT2D eigenvalue weighted by atomic mass is 17.4. The second-order valence-electron chi connectivity index (χ2n) is 5.61. The van der Waals surface area contributed by atoms with Crippen molar-refractivity contribution in [3.8, 4) is 0 Å². The third-order valence-electron chi connectivity index (χ3n) is 4.54. The van der Waals surface area contributed by atoms with Crippen LogP contribution in [0.2, 0.25) is 0 Å². The predicted molar refractivity (Wildman–Crippen MR) is 56.8 cm³/mol. The summed E-state index contributed by atoms with van der Waals surface area (Å²) in [5.41, 5.74) is 0.301. The van der Waals surface area contributed by atoms with Crippen LogP contribution in [0.5, 0.6) is 0 Å². The minimum atomic E-state index is -0.108. The van der Waals surface area contributed by atoms with Crippen molar-refractivity contribution in [1.82, 2.24) is 5.32 Å². The van der Waals surface area contributed by atoms with Crippen LogP contribution in [-0.4, -0.2) is 12.0 Å². The fourth-order valence-electron chi connectivity index (χ4n) is 3.80. The zero-order valence-corrected chi connectivity index (χ0v) is 9.50. The summed E-state index contributed by atoms with van der Waals surface area (Å²) >= 11 is 0. The normalized spacial score (nSPS) is 45.4. The van der Waals surface area contributed by atoms with E-state index >= 15 is 0 Å². The summed E-state index contributed by atoms with van der Waals surface area (Å²) in [6.45, 7) is 2.29. The van der Waals surface area contributed by atoms with Gasteiger partial charge in [0, 0.05) is 5.54 Å². The van der Waals surface area contributed by atoms with E-state index in [1.165, 1.54) is 44.9 Å². The van der Waals surface area contributed by atoms with Crippen LogP contribution >= 0.6 is 0 Å².